The van der Waals surface area contributed by atoms with E-state index in [1.807, 2.05) is 67.0 Å². The Morgan fingerprint density at radius 1 is 0.796 bits per heavy atom. The van der Waals surface area contributed by atoms with E-state index >= 15 is 0 Å². The topological polar surface area (TPSA) is 122 Å². The van der Waals surface area contributed by atoms with Gasteiger partial charge in [0.2, 0.25) is 11.8 Å². The molecule has 2 heterocycles. The van der Waals surface area contributed by atoms with E-state index in [0.29, 0.717) is 17.2 Å². The molecule has 0 aliphatic heterocycles. The first-order valence-electron chi connectivity index (χ1n) is 17.1. The lowest BCUT2D eigenvalue weighted by molar-refractivity contribution is -0.123. The Morgan fingerprint density at radius 3 is 2.08 bits per heavy atom. The van der Waals surface area contributed by atoms with Crippen LogP contribution in [0.3, 0.4) is 0 Å². The van der Waals surface area contributed by atoms with Gasteiger partial charge in [0, 0.05) is 54.8 Å². The highest BCUT2D eigenvalue weighted by molar-refractivity contribution is 7.14. The number of nitrogens with zero attached hydrogens (tertiary/aromatic N) is 2. The number of carbonyl (C=O) groups excluding carboxylic acids is 3. The molecule has 9 nitrogen and oxygen atoms in total. The maximum Gasteiger partial charge on any atom is 0.262 e. The Balaban J connectivity index is 1.38. The predicted octanol–water partition coefficient (Wildman–Crippen LogP) is 7.11. The Hall–Kier alpha value is -4.57. The summed E-state index contributed by atoms with van der Waals surface area (Å²) in [5.74, 6) is 0.658. The van der Waals surface area contributed by atoms with Gasteiger partial charge in [-0.15, -0.1) is 11.3 Å². The van der Waals surface area contributed by atoms with E-state index < -0.39 is 6.04 Å². The average molecular weight is 684 g/mol. The SMILES string of the molecule is CCCCCCCOc1ccc(-c2cnc(-c3ccc(C[C@H](NC(=O)c4ccc(C(C)(C)C)s4)C(=O)NCCNC(C)=O)cc3)nc2)cc1. The molecule has 0 aliphatic carbocycles. The van der Waals surface area contributed by atoms with Crippen molar-refractivity contribution in [3.63, 3.8) is 0 Å². The van der Waals surface area contributed by atoms with Crippen molar-refractivity contribution in [1.29, 1.82) is 0 Å². The molecule has 49 heavy (non-hydrogen) atoms. The molecule has 3 N–H and O–H groups in total. The monoisotopic (exact) mass is 683 g/mol. The molecule has 1 atom stereocenters. The number of rotatable bonds is 17. The van der Waals surface area contributed by atoms with E-state index in [1.54, 1.807) is 6.07 Å². The number of benzene rings is 2. The molecule has 10 heteroatoms. The summed E-state index contributed by atoms with van der Waals surface area (Å²) in [5, 5.41) is 8.42. The zero-order valence-electron chi connectivity index (χ0n) is 29.3. The first-order chi connectivity index (χ1) is 23.5. The molecule has 0 spiro atoms. The van der Waals surface area contributed by atoms with Crippen molar-refractivity contribution >= 4 is 29.1 Å². The van der Waals surface area contributed by atoms with Crippen LogP contribution in [-0.2, 0) is 21.4 Å². The van der Waals surface area contributed by atoms with Gasteiger partial charge in [0.05, 0.1) is 11.5 Å². The highest BCUT2D eigenvalue weighted by Crippen LogP contribution is 2.29. The van der Waals surface area contributed by atoms with E-state index in [4.69, 9.17) is 4.74 Å². The molecular formula is C39H49N5O4S. The van der Waals surface area contributed by atoms with Crippen molar-refractivity contribution in [2.75, 3.05) is 19.7 Å². The van der Waals surface area contributed by atoms with Crippen LogP contribution in [0.1, 0.15) is 86.8 Å². The zero-order valence-corrected chi connectivity index (χ0v) is 30.1. The van der Waals surface area contributed by atoms with Gasteiger partial charge in [-0.1, -0.05) is 89.8 Å². The van der Waals surface area contributed by atoms with Gasteiger partial charge in [0.25, 0.3) is 5.91 Å². The van der Waals surface area contributed by atoms with Crippen molar-refractivity contribution < 1.29 is 19.1 Å². The molecule has 0 radical (unpaired) electrons. The van der Waals surface area contributed by atoms with E-state index in [2.05, 4.69) is 53.6 Å². The molecule has 260 valence electrons. The van der Waals surface area contributed by atoms with Gasteiger partial charge in [-0.3, -0.25) is 14.4 Å². The first kappa shape index (κ1) is 37.3. The van der Waals surface area contributed by atoms with Gasteiger partial charge in [0.15, 0.2) is 5.82 Å². The molecule has 3 amide bonds. The van der Waals surface area contributed by atoms with E-state index in [1.165, 1.54) is 43.9 Å². The van der Waals surface area contributed by atoms with E-state index in [0.717, 1.165) is 45.9 Å². The van der Waals surface area contributed by atoms with Gasteiger partial charge in [-0.05, 0) is 47.2 Å². The summed E-state index contributed by atoms with van der Waals surface area (Å²) in [6.45, 7) is 11.2. The number of hydrogen-bond acceptors (Lipinski definition) is 7. The maximum atomic E-state index is 13.2. The lowest BCUT2D eigenvalue weighted by atomic mass is 9.95. The molecule has 0 unspecified atom stereocenters. The first-order valence-corrected chi connectivity index (χ1v) is 17.9. The highest BCUT2D eigenvalue weighted by atomic mass is 32.1. The molecule has 2 aromatic carbocycles. The van der Waals surface area contributed by atoms with Crippen molar-refractivity contribution in [3.8, 4) is 28.3 Å². The summed E-state index contributed by atoms with van der Waals surface area (Å²) in [7, 11) is 0. The number of ether oxygens (including phenoxy) is 1. The number of amides is 3. The quantitative estimate of drug-likeness (QED) is 0.102. The number of thiophene rings is 1. The van der Waals surface area contributed by atoms with Crippen molar-refractivity contribution in [3.05, 3.63) is 88.4 Å². The summed E-state index contributed by atoms with van der Waals surface area (Å²) >= 11 is 1.43. The number of aromatic nitrogens is 2. The van der Waals surface area contributed by atoms with Crippen LogP contribution in [0.2, 0.25) is 0 Å². The third kappa shape index (κ3) is 11.8. The summed E-state index contributed by atoms with van der Waals surface area (Å²) in [5.41, 5.74) is 3.55. The maximum absolute atomic E-state index is 13.2. The summed E-state index contributed by atoms with van der Waals surface area (Å²) in [6, 6.07) is 18.6. The van der Waals surface area contributed by atoms with Crippen molar-refractivity contribution in [2.45, 2.75) is 84.6 Å². The second kappa shape index (κ2) is 18.3. The van der Waals surface area contributed by atoms with Crippen LogP contribution in [0.15, 0.2) is 73.1 Å². The zero-order chi connectivity index (χ0) is 35.2. The second-order valence-corrected chi connectivity index (χ2v) is 14.3. The molecule has 0 saturated carbocycles. The smallest absolute Gasteiger partial charge is 0.262 e. The molecule has 0 fully saturated rings. The number of carbonyl (C=O) groups is 3. The summed E-state index contributed by atoms with van der Waals surface area (Å²) in [6.07, 6.45) is 9.96. The highest BCUT2D eigenvalue weighted by Gasteiger charge is 2.24. The largest absolute Gasteiger partial charge is 0.494 e. The van der Waals surface area contributed by atoms with Crippen LogP contribution in [0.4, 0.5) is 0 Å². The fourth-order valence-electron chi connectivity index (χ4n) is 5.14. The molecule has 4 aromatic rings. The van der Waals surface area contributed by atoms with Crippen molar-refractivity contribution in [1.82, 2.24) is 25.9 Å². The van der Waals surface area contributed by atoms with Crippen LogP contribution in [-0.4, -0.2) is 53.4 Å². The van der Waals surface area contributed by atoms with Gasteiger partial charge < -0.3 is 20.7 Å². The fourth-order valence-corrected chi connectivity index (χ4v) is 6.11. The predicted molar refractivity (Wildman–Crippen MR) is 197 cm³/mol. The fraction of sp³-hybridized carbons (Fsp3) is 0.410. The second-order valence-electron chi connectivity index (χ2n) is 13.2. The lowest BCUT2D eigenvalue weighted by Crippen LogP contribution is -2.49. The van der Waals surface area contributed by atoms with Crippen LogP contribution >= 0.6 is 11.3 Å². The molecular weight excluding hydrogens is 635 g/mol. The molecule has 0 bridgehead atoms. The molecule has 2 aromatic heterocycles. The Labute approximate surface area is 294 Å². The van der Waals surface area contributed by atoms with Gasteiger partial charge in [-0.2, -0.15) is 0 Å². The van der Waals surface area contributed by atoms with Crippen LogP contribution in [0.5, 0.6) is 5.75 Å². The van der Waals surface area contributed by atoms with Gasteiger partial charge >= 0.3 is 0 Å². The molecule has 4 rings (SSSR count). The third-order valence-electron chi connectivity index (χ3n) is 8.00. The Bertz CT molecular complexity index is 1640. The number of nitrogens with one attached hydrogen (secondary N) is 3. The van der Waals surface area contributed by atoms with E-state index in [9.17, 15) is 14.4 Å². The average Bonchev–Trinajstić information content (AvgIpc) is 3.60. The third-order valence-corrected chi connectivity index (χ3v) is 9.51. The summed E-state index contributed by atoms with van der Waals surface area (Å²) in [4.78, 5) is 48.5. The molecule has 0 aliphatic rings. The minimum absolute atomic E-state index is 0.0802. The number of hydrogen-bond donors (Lipinski definition) is 3. The van der Waals surface area contributed by atoms with Crippen LogP contribution < -0.4 is 20.7 Å². The molecule has 0 saturated heterocycles. The Kier molecular flexibility index (Phi) is 13.9. The van der Waals surface area contributed by atoms with Crippen LogP contribution in [0.25, 0.3) is 22.5 Å². The standard InChI is InChI=1S/C39H49N5O4S/c1-6-7-8-9-10-23-48-32-17-15-29(16-18-32)31-25-42-36(43-26-31)30-13-11-28(12-14-30)24-33(37(46)41-22-21-40-27(2)45)44-38(47)34-19-20-35(49-34)39(3,4)5/h11-20,25-26,33H,6-10,21-24H2,1-5H3,(H,40,45)(H,41,46)(H,44,47)/t33-/m0/s1. The van der Waals surface area contributed by atoms with E-state index in [-0.39, 0.29) is 36.1 Å². The minimum Gasteiger partial charge on any atom is -0.494 e. The lowest BCUT2D eigenvalue weighted by Gasteiger charge is -2.19. The van der Waals surface area contributed by atoms with Gasteiger partial charge in [0.1, 0.15) is 11.8 Å². The summed E-state index contributed by atoms with van der Waals surface area (Å²) < 4.78 is 5.89. The normalized spacial score (nSPS) is 11.9. The minimum atomic E-state index is -0.811. The van der Waals surface area contributed by atoms with Crippen molar-refractivity contribution in [2.24, 2.45) is 0 Å². The number of unbranched alkanes of at least 4 members (excludes halogenated alkanes) is 4. The van der Waals surface area contributed by atoms with Gasteiger partial charge in [-0.25, -0.2) is 9.97 Å². The van der Waals surface area contributed by atoms with Crippen LogP contribution in [0, 0.1) is 0 Å². The Morgan fingerprint density at radius 2 is 1.45 bits per heavy atom.